The van der Waals surface area contributed by atoms with Gasteiger partial charge in [-0.05, 0) is 31.9 Å². The summed E-state index contributed by atoms with van der Waals surface area (Å²) in [6, 6.07) is 2.98. The molecule has 5 heteroatoms. The van der Waals surface area contributed by atoms with E-state index in [1.165, 1.54) is 12.3 Å². The molecular formula is C12H15FN2O2. The summed E-state index contributed by atoms with van der Waals surface area (Å²) in [5, 5.41) is 2.85. The van der Waals surface area contributed by atoms with E-state index in [1.54, 1.807) is 6.07 Å². The summed E-state index contributed by atoms with van der Waals surface area (Å²) in [7, 11) is 0. The van der Waals surface area contributed by atoms with Gasteiger partial charge < -0.3 is 10.1 Å². The van der Waals surface area contributed by atoms with Gasteiger partial charge >= 0.3 is 0 Å². The molecule has 1 aliphatic rings. The van der Waals surface area contributed by atoms with Gasteiger partial charge in [0.05, 0.1) is 5.56 Å². The highest BCUT2D eigenvalue weighted by Gasteiger charge is 2.30. The first-order chi connectivity index (χ1) is 8.11. The van der Waals surface area contributed by atoms with Gasteiger partial charge in [-0.25, -0.2) is 4.98 Å². The normalized spacial score (nSPS) is 18.7. The Bertz CT molecular complexity index is 417. The van der Waals surface area contributed by atoms with E-state index in [9.17, 15) is 9.18 Å². The fraction of sp³-hybridized carbons (Fsp3) is 0.500. The number of pyridine rings is 1. The fourth-order valence-corrected chi connectivity index (χ4v) is 1.84. The van der Waals surface area contributed by atoms with Crippen molar-refractivity contribution < 1.29 is 13.9 Å². The van der Waals surface area contributed by atoms with Crippen LogP contribution in [0.4, 0.5) is 4.39 Å². The standard InChI is InChI=1S/C12H15FN2O2/c1-12(4-7-17-8-5-12)15-11(16)9-3-2-6-14-10(9)13/h2-3,6H,4-5,7-8H2,1H3,(H,15,16). The van der Waals surface area contributed by atoms with Crippen LogP contribution in [0.15, 0.2) is 18.3 Å². The van der Waals surface area contributed by atoms with Crippen molar-refractivity contribution in [3.8, 4) is 0 Å². The molecule has 0 aromatic carbocycles. The number of nitrogens with zero attached hydrogens (tertiary/aromatic N) is 1. The highest BCUT2D eigenvalue weighted by molar-refractivity contribution is 5.94. The van der Waals surface area contributed by atoms with E-state index < -0.39 is 11.9 Å². The summed E-state index contributed by atoms with van der Waals surface area (Å²) >= 11 is 0. The van der Waals surface area contributed by atoms with Crippen molar-refractivity contribution in [2.75, 3.05) is 13.2 Å². The minimum atomic E-state index is -0.736. The topological polar surface area (TPSA) is 51.2 Å². The number of carbonyl (C=O) groups excluding carboxylic acids is 1. The first-order valence-electron chi connectivity index (χ1n) is 5.61. The molecular weight excluding hydrogens is 223 g/mol. The molecule has 1 amide bonds. The van der Waals surface area contributed by atoms with Crippen molar-refractivity contribution in [1.29, 1.82) is 0 Å². The molecule has 17 heavy (non-hydrogen) atoms. The van der Waals surface area contributed by atoms with Crippen LogP contribution in [0.2, 0.25) is 0 Å². The zero-order valence-electron chi connectivity index (χ0n) is 9.70. The molecule has 0 atom stereocenters. The zero-order valence-corrected chi connectivity index (χ0v) is 9.70. The smallest absolute Gasteiger partial charge is 0.256 e. The van der Waals surface area contributed by atoms with Gasteiger partial charge in [0, 0.05) is 24.9 Å². The predicted octanol–water partition coefficient (Wildman–Crippen LogP) is 1.52. The SMILES string of the molecule is CC1(NC(=O)c2cccnc2F)CCOCC1. The van der Waals surface area contributed by atoms with E-state index in [1.807, 2.05) is 6.92 Å². The Hall–Kier alpha value is -1.49. The third-order valence-corrected chi connectivity index (χ3v) is 3.02. The molecule has 1 aliphatic heterocycles. The summed E-state index contributed by atoms with van der Waals surface area (Å²) in [6.45, 7) is 3.18. The monoisotopic (exact) mass is 238 g/mol. The maximum atomic E-state index is 13.3. The Morgan fingerprint density at radius 2 is 2.24 bits per heavy atom. The van der Waals surface area contributed by atoms with Gasteiger partial charge in [-0.2, -0.15) is 4.39 Å². The molecule has 0 unspecified atom stereocenters. The number of ether oxygens (including phenoxy) is 1. The first-order valence-corrected chi connectivity index (χ1v) is 5.61. The largest absolute Gasteiger partial charge is 0.381 e. The third-order valence-electron chi connectivity index (χ3n) is 3.02. The van der Waals surface area contributed by atoms with Crippen molar-refractivity contribution in [2.45, 2.75) is 25.3 Å². The summed E-state index contributed by atoms with van der Waals surface area (Å²) < 4.78 is 18.6. The quantitative estimate of drug-likeness (QED) is 0.795. The molecule has 4 nitrogen and oxygen atoms in total. The second kappa shape index (κ2) is 4.79. The Morgan fingerprint density at radius 1 is 1.53 bits per heavy atom. The van der Waals surface area contributed by atoms with Crippen LogP contribution in [0.3, 0.4) is 0 Å². The summed E-state index contributed by atoms with van der Waals surface area (Å²) in [6.07, 6.45) is 2.80. The van der Waals surface area contributed by atoms with Crippen molar-refractivity contribution in [3.63, 3.8) is 0 Å². The number of rotatable bonds is 2. The average Bonchev–Trinajstić information content (AvgIpc) is 2.29. The van der Waals surface area contributed by atoms with Gasteiger partial charge in [-0.15, -0.1) is 0 Å². The molecule has 0 radical (unpaired) electrons. The van der Waals surface area contributed by atoms with Crippen LogP contribution in [0.5, 0.6) is 0 Å². The van der Waals surface area contributed by atoms with Crippen LogP contribution >= 0.6 is 0 Å². The molecule has 1 aromatic rings. The van der Waals surface area contributed by atoms with Crippen LogP contribution in [0, 0.1) is 5.95 Å². The minimum Gasteiger partial charge on any atom is -0.381 e. The van der Waals surface area contributed by atoms with Crippen molar-refractivity contribution in [2.24, 2.45) is 0 Å². The Labute approximate surface area is 99.2 Å². The van der Waals surface area contributed by atoms with E-state index in [4.69, 9.17) is 4.74 Å². The van der Waals surface area contributed by atoms with E-state index in [0.29, 0.717) is 13.2 Å². The van der Waals surface area contributed by atoms with Crippen LogP contribution < -0.4 is 5.32 Å². The predicted molar refractivity (Wildman–Crippen MR) is 60.1 cm³/mol. The lowest BCUT2D eigenvalue weighted by molar-refractivity contribution is 0.0421. The molecule has 2 rings (SSSR count). The maximum Gasteiger partial charge on any atom is 0.256 e. The molecule has 1 N–H and O–H groups in total. The van der Waals surface area contributed by atoms with E-state index in [2.05, 4.69) is 10.3 Å². The van der Waals surface area contributed by atoms with E-state index >= 15 is 0 Å². The van der Waals surface area contributed by atoms with E-state index in [-0.39, 0.29) is 11.1 Å². The average molecular weight is 238 g/mol. The van der Waals surface area contributed by atoms with Crippen LogP contribution in [0.1, 0.15) is 30.1 Å². The fourth-order valence-electron chi connectivity index (χ4n) is 1.84. The van der Waals surface area contributed by atoms with Gasteiger partial charge in [0.1, 0.15) is 0 Å². The number of nitrogens with one attached hydrogen (secondary N) is 1. The molecule has 0 saturated carbocycles. The third kappa shape index (κ3) is 2.79. The Kier molecular flexibility index (Phi) is 3.38. The van der Waals surface area contributed by atoms with Gasteiger partial charge in [-0.1, -0.05) is 0 Å². The second-order valence-corrected chi connectivity index (χ2v) is 4.47. The number of amides is 1. The molecule has 2 heterocycles. The molecule has 0 spiro atoms. The maximum absolute atomic E-state index is 13.3. The number of aromatic nitrogens is 1. The highest BCUT2D eigenvalue weighted by atomic mass is 19.1. The Morgan fingerprint density at radius 3 is 2.88 bits per heavy atom. The van der Waals surface area contributed by atoms with Gasteiger partial charge in [0.2, 0.25) is 5.95 Å². The number of carbonyl (C=O) groups is 1. The minimum absolute atomic E-state index is 0.0137. The van der Waals surface area contributed by atoms with Gasteiger partial charge in [0.15, 0.2) is 0 Å². The molecule has 1 aromatic heterocycles. The van der Waals surface area contributed by atoms with Crippen molar-refractivity contribution in [1.82, 2.24) is 10.3 Å². The summed E-state index contributed by atoms with van der Waals surface area (Å²) in [5.41, 5.74) is -0.335. The van der Waals surface area contributed by atoms with Crippen molar-refractivity contribution >= 4 is 5.91 Å². The van der Waals surface area contributed by atoms with Gasteiger partial charge in [-0.3, -0.25) is 4.79 Å². The van der Waals surface area contributed by atoms with Crippen LogP contribution in [0.25, 0.3) is 0 Å². The lowest BCUT2D eigenvalue weighted by Gasteiger charge is -2.34. The van der Waals surface area contributed by atoms with Crippen LogP contribution in [-0.4, -0.2) is 29.6 Å². The molecule has 0 aliphatic carbocycles. The lowest BCUT2D eigenvalue weighted by atomic mass is 9.92. The second-order valence-electron chi connectivity index (χ2n) is 4.47. The summed E-state index contributed by atoms with van der Waals surface area (Å²) in [4.78, 5) is 15.4. The Balaban J connectivity index is 2.09. The zero-order chi connectivity index (χ0) is 12.3. The molecule has 0 bridgehead atoms. The van der Waals surface area contributed by atoms with Crippen LogP contribution in [-0.2, 0) is 4.74 Å². The van der Waals surface area contributed by atoms with Crippen molar-refractivity contribution in [3.05, 3.63) is 29.8 Å². The first kappa shape index (κ1) is 12.0. The highest BCUT2D eigenvalue weighted by Crippen LogP contribution is 2.20. The summed E-state index contributed by atoms with van der Waals surface area (Å²) in [5.74, 6) is -1.15. The molecule has 1 fully saturated rings. The number of halogens is 1. The number of hydrogen-bond acceptors (Lipinski definition) is 3. The van der Waals surface area contributed by atoms with Gasteiger partial charge in [0.25, 0.3) is 5.91 Å². The van der Waals surface area contributed by atoms with E-state index in [0.717, 1.165) is 12.8 Å². The molecule has 92 valence electrons. The number of hydrogen-bond donors (Lipinski definition) is 1. The molecule has 1 saturated heterocycles. The lowest BCUT2D eigenvalue weighted by Crippen LogP contribution is -2.49.